The Bertz CT molecular complexity index is 876. The highest BCUT2D eigenvalue weighted by molar-refractivity contribution is 5.36. The van der Waals surface area contributed by atoms with Gasteiger partial charge in [-0.15, -0.1) is 0 Å². The summed E-state index contributed by atoms with van der Waals surface area (Å²) in [7, 11) is 0. The molecule has 2 fully saturated rings. The molecule has 0 spiro atoms. The van der Waals surface area contributed by atoms with Gasteiger partial charge < -0.3 is 14.7 Å². The largest absolute Gasteiger partial charge is 0.508 e. The first-order valence-electron chi connectivity index (χ1n) is 10.0. The standard InChI is InChI=1S/C21H28N4O3/c1-15-4-5-19(26)17(11-15)14-24-6-2-3-16(13-24)18-12-20(27)23-21(22-18)25-7-9-28-10-8-25/h4-5,11-12,16,26H,2-3,6-10,13-14H2,1H3,(H,22,23,27)/t16-/m0/s1. The Hall–Kier alpha value is -2.38. The summed E-state index contributed by atoms with van der Waals surface area (Å²) in [5, 5.41) is 10.2. The second-order valence-electron chi connectivity index (χ2n) is 7.80. The lowest BCUT2D eigenvalue weighted by atomic mass is 9.94. The van der Waals surface area contributed by atoms with Crippen LogP contribution in [0.3, 0.4) is 0 Å². The van der Waals surface area contributed by atoms with E-state index in [9.17, 15) is 9.90 Å². The molecule has 2 N–H and O–H groups in total. The average molecular weight is 384 g/mol. The summed E-state index contributed by atoms with van der Waals surface area (Å²) in [5.74, 6) is 1.22. The number of phenolic OH excluding ortho intramolecular Hbond substituents is 1. The summed E-state index contributed by atoms with van der Waals surface area (Å²) >= 11 is 0. The van der Waals surface area contributed by atoms with Crippen LogP contribution >= 0.6 is 0 Å². The molecule has 3 heterocycles. The van der Waals surface area contributed by atoms with E-state index in [0.717, 1.165) is 55.8 Å². The van der Waals surface area contributed by atoms with Crippen LogP contribution in [-0.2, 0) is 11.3 Å². The number of nitrogens with zero attached hydrogens (tertiary/aromatic N) is 3. The number of aromatic hydroxyl groups is 1. The van der Waals surface area contributed by atoms with Crippen LogP contribution in [0.25, 0.3) is 0 Å². The van der Waals surface area contributed by atoms with Gasteiger partial charge in [-0.05, 0) is 32.4 Å². The van der Waals surface area contributed by atoms with Gasteiger partial charge in [0.25, 0.3) is 5.56 Å². The van der Waals surface area contributed by atoms with E-state index in [1.807, 2.05) is 19.1 Å². The van der Waals surface area contributed by atoms with Crippen LogP contribution in [0.1, 0.15) is 35.6 Å². The molecule has 0 saturated carbocycles. The van der Waals surface area contributed by atoms with Crippen molar-refractivity contribution >= 4 is 5.95 Å². The topological polar surface area (TPSA) is 81.7 Å². The Morgan fingerprint density at radius 2 is 2.07 bits per heavy atom. The number of hydrogen-bond acceptors (Lipinski definition) is 6. The second kappa shape index (κ2) is 8.32. The SMILES string of the molecule is Cc1ccc(O)c(CN2CCC[C@H](c3cc(=O)[nH]c(N4CCOCC4)n3)C2)c1. The number of ether oxygens (including phenoxy) is 1. The van der Waals surface area contributed by atoms with E-state index in [4.69, 9.17) is 9.72 Å². The molecule has 7 heteroatoms. The van der Waals surface area contributed by atoms with E-state index >= 15 is 0 Å². The molecular formula is C21H28N4O3. The highest BCUT2D eigenvalue weighted by Gasteiger charge is 2.25. The van der Waals surface area contributed by atoms with Crippen LogP contribution in [0.4, 0.5) is 5.95 Å². The number of phenols is 1. The lowest BCUT2D eigenvalue weighted by molar-refractivity contribution is 0.122. The van der Waals surface area contributed by atoms with Crippen molar-refractivity contribution in [1.29, 1.82) is 0 Å². The molecule has 1 atom stereocenters. The second-order valence-corrected chi connectivity index (χ2v) is 7.80. The number of aromatic nitrogens is 2. The molecule has 0 amide bonds. The third-order valence-electron chi connectivity index (χ3n) is 5.61. The molecule has 0 aliphatic carbocycles. The van der Waals surface area contributed by atoms with Crippen LogP contribution in [0.2, 0.25) is 0 Å². The molecule has 1 aromatic carbocycles. The molecule has 2 aliphatic rings. The first-order chi connectivity index (χ1) is 13.6. The van der Waals surface area contributed by atoms with Crippen LogP contribution in [-0.4, -0.2) is 59.4 Å². The fourth-order valence-corrected chi connectivity index (χ4v) is 4.12. The molecule has 2 aromatic rings. The molecule has 0 radical (unpaired) electrons. The lowest BCUT2D eigenvalue weighted by Gasteiger charge is -2.33. The van der Waals surface area contributed by atoms with Crippen molar-refractivity contribution in [3.63, 3.8) is 0 Å². The smallest absolute Gasteiger partial charge is 0.252 e. The average Bonchev–Trinajstić information content (AvgIpc) is 2.71. The van der Waals surface area contributed by atoms with Crippen molar-refractivity contribution in [2.45, 2.75) is 32.2 Å². The molecule has 28 heavy (non-hydrogen) atoms. The van der Waals surface area contributed by atoms with Gasteiger partial charge in [0.15, 0.2) is 0 Å². The van der Waals surface area contributed by atoms with Crippen LogP contribution < -0.4 is 10.5 Å². The van der Waals surface area contributed by atoms with Crippen LogP contribution in [0.15, 0.2) is 29.1 Å². The number of rotatable bonds is 4. The van der Waals surface area contributed by atoms with Crippen molar-refractivity contribution in [3.05, 3.63) is 51.4 Å². The monoisotopic (exact) mass is 384 g/mol. The summed E-state index contributed by atoms with van der Waals surface area (Å²) in [6, 6.07) is 7.37. The van der Waals surface area contributed by atoms with Crippen molar-refractivity contribution in [1.82, 2.24) is 14.9 Å². The predicted molar refractivity (Wildman–Crippen MR) is 108 cm³/mol. The molecule has 150 valence electrons. The minimum atomic E-state index is -0.0973. The summed E-state index contributed by atoms with van der Waals surface area (Å²) in [6.45, 7) is 7.39. The van der Waals surface area contributed by atoms with Gasteiger partial charge >= 0.3 is 0 Å². The van der Waals surface area contributed by atoms with Gasteiger partial charge in [0.1, 0.15) is 5.75 Å². The molecule has 2 saturated heterocycles. The van der Waals surface area contributed by atoms with E-state index in [1.54, 1.807) is 12.1 Å². The molecule has 0 bridgehead atoms. The van der Waals surface area contributed by atoms with E-state index in [-0.39, 0.29) is 11.5 Å². The number of anilines is 1. The van der Waals surface area contributed by atoms with Crippen molar-refractivity contribution < 1.29 is 9.84 Å². The molecule has 7 nitrogen and oxygen atoms in total. The Balaban J connectivity index is 1.50. The fraction of sp³-hybridized carbons (Fsp3) is 0.524. The third-order valence-corrected chi connectivity index (χ3v) is 5.61. The van der Waals surface area contributed by atoms with Gasteiger partial charge in [0.05, 0.1) is 18.9 Å². The van der Waals surface area contributed by atoms with Gasteiger partial charge in [-0.25, -0.2) is 4.98 Å². The maximum absolute atomic E-state index is 12.3. The van der Waals surface area contributed by atoms with Gasteiger partial charge in [0.2, 0.25) is 5.95 Å². The quantitative estimate of drug-likeness (QED) is 0.839. The number of piperidine rings is 1. The number of aromatic amines is 1. The van der Waals surface area contributed by atoms with E-state index < -0.39 is 0 Å². The number of H-pyrrole nitrogens is 1. The number of hydrogen-bond donors (Lipinski definition) is 2. The maximum Gasteiger partial charge on any atom is 0.252 e. The van der Waals surface area contributed by atoms with Crippen LogP contribution in [0.5, 0.6) is 5.75 Å². The summed E-state index contributed by atoms with van der Waals surface area (Å²) < 4.78 is 5.40. The normalized spacial score (nSPS) is 21.0. The maximum atomic E-state index is 12.3. The summed E-state index contributed by atoms with van der Waals surface area (Å²) in [5.41, 5.74) is 2.87. The third kappa shape index (κ3) is 4.36. The predicted octanol–water partition coefficient (Wildman–Crippen LogP) is 2.00. The Morgan fingerprint density at radius 1 is 1.25 bits per heavy atom. The Kier molecular flexibility index (Phi) is 5.64. The van der Waals surface area contributed by atoms with E-state index in [0.29, 0.717) is 31.5 Å². The van der Waals surface area contributed by atoms with Gasteiger partial charge in [0, 0.05) is 43.7 Å². The highest BCUT2D eigenvalue weighted by Crippen LogP contribution is 2.28. The minimum absolute atomic E-state index is 0.0973. The minimum Gasteiger partial charge on any atom is -0.508 e. The van der Waals surface area contributed by atoms with Gasteiger partial charge in [-0.3, -0.25) is 14.7 Å². The van der Waals surface area contributed by atoms with E-state index in [2.05, 4.69) is 14.8 Å². The summed E-state index contributed by atoms with van der Waals surface area (Å²) in [6.07, 6.45) is 2.08. The fourth-order valence-electron chi connectivity index (χ4n) is 4.12. The zero-order valence-electron chi connectivity index (χ0n) is 16.4. The summed E-state index contributed by atoms with van der Waals surface area (Å²) in [4.78, 5) is 24.4. The molecular weight excluding hydrogens is 356 g/mol. The number of nitrogens with one attached hydrogen (secondary N) is 1. The molecule has 1 aromatic heterocycles. The Morgan fingerprint density at radius 3 is 2.89 bits per heavy atom. The number of benzene rings is 1. The highest BCUT2D eigenvalue weighted by atomic mass is 16.5. The van der Waals surface area contributed by atoms with E-state index in [1.165, 1.54) is 0 Å². The first kappa shape index (κ1) is 19.0. The molecule has 2 aliphatic heterocycles. The van der Waals surface area contributed by atoms with Gasteiger partial charge in [-0.2, -0.15) is 0 Å². The zero-order chi connectivity index (χ0) is 19.5. The number of aryl methyl sites for hydroxylation is 1. The Labute approximate surface area is 165 Å². The number of morpholine rings is 1. The molecule has 0 unspecified atom stereocenters. The number of likely N-dealkylation sites (tertiary alicyclic amines) is 1. The zero-order valence-corrected chi connectivity index (χ0v) is 16.4. The lowest BCUT2D eigenvalue weighted by Crippen LogP contribution is -2.39. The van der Waals surface area contributed by atoms with Gasteiger partial charge in [-0.1, -0.05) is 17.7 Å². The van der Waals surface area contributed by atoms with Crippen molar-refractivity contribution in [2.75, 3.05) is 44.3 Å². The first-order valence-corrected chi connectivity index (χ1v) is 10.0. The molecule has 4 rings (SSSR count). The van der Waals surface area contributed by atoms with Crippen LogP contribution in [0, 0.1) is 6.92 Å². The van der Waals surface area contributed by atoms with Crippen molar-refractivity contribution in [2.24, 2.45) is 0 Å². The van der Waals surface area contributed by atoms with Crippen molar-refractivity contribution in [3.8, 4) is 5.75 Å².